The van der Waals surface area contributed by atoms with Crippen molar-refractivity contribution in [2.45, 2.75) is 44.4 Å². The molecule has 1 saturated carbocycles. The van der Waals surface area contributed by atoms with Gasteiger partial charge in [0.05, 0.1) is 23.8 Å². The van der Waals surface area contributed by atoms with Gasteiger partial charge < -0.3 is 5.32 Å². The molecule has 0 aliphatic heterocycles. The largest absolute Gasteiger partial charge is 0.436 e. The number of alkyl halides is 3. The second kappa shape index (κ2) is 8.55. The molecule has 0 radical (unpaired) electrons. The van der Waals surface area contributed by atoms with E-state index < -0.39 is 11.9 Å². The lowest BCUT2D eigenvalue weighted by atomic mass is 10.2. The van der Waals surface area contributed by atoms with Gasteiger partial charge in [0.2, 0.25) is 5.91 Å². The van der Waals surface area contributed by atoms with E-state index in [9.17, 15) is 18.0 Å². The number of aryl methyl sites for hydroxylation is 1. The van der Waals surface area contributed by atoms with Crippen molar-refractivity contribution >= 4 is 34.9 Å². The Kier molecular flexibility index (Phi) is 5.98. The third-order valence-corrected chi connectivity index (χ3v) is 5.51. The second-order valence-electron chi connectivity index (χ2n) is 7.37. The summed E-state index contributed by atoms with van der Waals surface area (Å²) in [6.07, 6.45) is -1.44. The smallest absolute Gasteiger partial charge is 0.309 e. The molecular weight excluding hydrogens is 454 g/mol. The van der Waals surface area contributed by atoms with Crippen LogP contribution in [0.15, 0.2) is 36.5 Å². The van der Waals surface area contributed by atoms with Crippen LogP contribution in [0.2, 0.25) is 10.0 Å². The van der Waals surface area contributed by atoms with Crippen LogP contribution in [-0.4, -0.2) is 25.5 Å². The van der Waals surface area contributed by atoms with E-state index in [0.717, 1.165) is 18.4 Å². The molecule has 1 N–H and O–H groups in total. The summed E-state index contributed by atoms with van der Waals surface area (Å²) < 4.78 is 42.3. The highest BCUT2D eigenvalue weighted by molar-refractivity contribution is 6.32. The van der Waals surface area contributed by atoms with Crippen molar-refractivity contribution in [2.24, 2.45) is 0 Å². The Morgan fingerprint density at radius 2 is 1.84 bits per heavy atom. The lowest BCUT2D eigenvalue weighted by Gasteiger charge is -2.07. The average molecular weight is 472 g/mol. The number of carbonyl (C=O) groups is 1. The predicted octanol–water partition coefficient (Wildman–Crippen LogP) is 5.36. The highest BCUT2D eigenvalue weighted by Crippen LogP contribution is 2.46. The fraction of sp³-hybridized carbons (Fsp3) is 0.350. The Morgan fingerprint density at radius 3 is 2.48 bits per heavy atom. The van der Waals surface area contributed by atoms with Gasteiger partial charge in [-0.2, -0.15) is 23.4 Å². The summed E-state index contributed by atoms with van der Waals surface area (Å²) in [6, 6.07) is 8.97. The zero-order chi connectivity index (χ0) is 22.2. The standard InChI is InChI=1S/C20H18Cl2F3N5O/c21-14-5-1-12(2-6-14)11-29-9-7-15(27-29)26-16(31)8-10-30-18(13-3-4-13)17(22)19(28-30)20(23,24)25/h1-2,5-7,9,13H,3-4,8,10-11H2,(H,26,27,31). The quantitative estimate of drug-likeness (QED) is 0.504. The van der Waals surface area contributed by atoms with Crippen molar-refractivity contribution in [3.05, 3.63) is 63.5 Å². The number of hydrogen-bond acceptors (Lipinski definition) is 3. The van der Waals surface area contributed by atoms with Crippen molar-refractivity contribution in [1.82, 2.24) is 19.6 Å². The Bertz CT molecular complexity index is 1090. The number of aromatic nitrogens is 4. The lowest BCUT2D eigenvalue weighted by molar-refractivity contribution is -0.141. The maximum atomic E-state index is 13.1. The third-order valence-electron chi connectivity index (χ3n) is 4.88. The summed E-state index contributed by atoms with van der Waals surface area (Å²) in [5.74, 6) is -0.0581. The molecule has 0 bridgehead atoms. The molecule has 11 heteroatoms. The minimum Gasteiger partial charge on any atom is -0.309 e. The van der Waals surface area contributed by atoms with Gasteiger partial charge in [0, 0.05) is 29.6 Å². The number of anilines is 1. The normalized spacial score (nSPS) is 14.1. The van der Waals surface area contributed by atoms with Crippen molar-refractivity contribution in [1.29, 1.82) is 0 Å². The number of benzene rings is 1. The number of halogens is 5. The number of nitrogens with zero attached hydrogens (tertiary/aromatic N) is 4. The van der Waals surface area contributed by atoms with Crippen LogP contribution >= 0.6 is 23.2 Å². The lowest BCUT2D eigenvalue weighted by Crippen LogP contribution is -2.17. The monoisotopic (exact) mass is 471 g/mol. The molecule has 2 aromatic heterocycles. The van der Waals surface area contributed by atoms with Crippen LogP contribution < -0.4 is 5.32 Å². The molecule has 4 rings (SSSR count). The summed E-state index contributed by atoms with van der Waals surface area (Å²) in [7, 11) is 0. The average Bonchev–Trinajstić information content (AvgIpc) is 3.34. The Labute approximate surface area is 185 Å². The van der Waals surface area contributed by atoms with Gasteiger partial charge in [0.25, 0.3) is 0 Å². The highest BCUT2D eigenvalue weighted by Gasteiger charge is 2.42. The molecule has 2 heterocycles. The van der Waals surface area contributed by atoms with Gasteiger partial charge in [-0.1, -0.05) is 35.3 Å². The molecule has 0 atom stereocenters. The van der Waals surface area contributed by atoms with Gasteiger partial charge in [-0.25, -0.2) is 0 Å². The fourth-order valence-corrected chi connectivity index (χ4v) is 3.78. The van der Waals surface area contributed by atoms with Gasteiger partial charge in [0.15, 0.2) is 11.5 Å². The van der Waals surface area contributed by atoms with Gasteiger partial charge in [0.1, 0.15) is 0 Å². The number of hydrogen-bond donors (Lipinski definition) is 1. The van der Waals surface area contributed by atoms with Crippen LogP contribution in [0.25, 0.3) is 0 Å². The molecule has 164 valence electrons. The number of rotatable bonds is 7. The molecule has 1 fully saturated rings. The number of nitrogens with one attached hydrogen (secondary N) is 1. The summed E-state index contributed by atoms with van der Waals surface area (Å²) in [5.41, 5.74) is 0.250. The van der Waals surface area contributed by atoms with Gasteiger partial charge >= 0.3 is 6.18 Å². The first-order valence-corrected chi connectivity index (χ1v) is 10.4. The number of carbonyl (C=O) groups excluding carboxylic acids is 1. The van der Waals surface area contributed by atoms with Gasteiger partial charge in [-0.05, 0) is 30.5 Å². The minimum atomic E-state index is -4.63. The van der Waals surface area contributed by atoms with E-state index in [4.69, 9.17) is 23.2 Å². The van der Waals surface area contributed by atoms with Crippen molar-refractivity contribution in [3.63, 3.8) is 0 Å². The maximum Gasteiger partial charge on any atom is 0.436 e. The first-order chi connectivity index (χ1) is 14.7. The molecule has 1 aromatic carbocycles. The van der Waals surface area contributed by atoms with Gasteiger partial charge in [-0.3, -0.25) is 14.2 Å². The second-order valence-corrected chi connectivity index (χ2v) is 8.18. The Balaban J connectivity index is 1.37. The van der Waals surface area contributed by atoms with Crippen molar-refractivity contribution < 1.29 is 18.0 Å². The first kappa shape index (κ1) is 21.7. The SMILES string of the molecule is O=C(CCn1nc(C(F)(F)F)c(Cl)c1C1CC1)Nc1ccn(Cc2ccc(Cl)cc2)n1. The van der Waals surface area contributed by atoms with Crippen LogP contribution in [0.5, 0.6) is 0 Å². The summed E-state index contributed by atoms with van der Waals surface area (Å²) in [6.45, 7) is 0.503. The molecule has 0 unspecified atom stereocenters. The van der Waals surface area contributed by atoms with Gasteiger partial charge in [-0.15, -0.1) is 0 Å². The van der Waals surface area contributed by atoms with Crippen LogP contribution in [0.4, 0.5) is 19.0 Å². The highest BCUT2D eigenvalue weighted by atomic mass is 35.5. The molecule has 0 saturated heterocycles. The Hall–Kier alpha value is -2.52. The van der Waals surface area contributed by atoms with Crippen LogP contribution in [0.3, 0.4) is 0 Å². The molecule has 0 spiro atoms. The molecule has 1 amide bonds. The topological polar surface area (TPSA) is 64.7 Å². The summed E-state index contributed by atoms with van der Waals surface area (Å²) in [4.78, 5) is 12.3. The van der Waals surface area contributed by atoms with Crippen LogP contribution in [-0.2, 0) is 24.1 Å². The Morgan fingerprint density at radius 1 is 1.13 bits per heavy atom. The van der Waals surface area contributed by atoms with Crippen molar-refractivity contribution in [3.8, 4) is 0 Å². The zero-order valence-electron chi connectivity index (χ0n) is 16.2. The summed E-state index contributed by atoms with van der Waals surface area (Å²) >= 11 is 11.8. The first-order valence-electron chi connectivity index (χ1n) is 9.62. The maximum absolute atomic E-state index is 13.1. The molecular formula is C20H18Cl2F3N5O. The van der Waals surface area contributed by atoms with E-state index >= 15 is 0 Å². The van der Waals surface area contributed by atoms with Crippen LogP contribution in [0.1, 0.15) is 42.1 Å². The fourth-order valence-electron chi connectivity index (χ4n) is 3.26. The predicted molar refractivity (Wildman–Crippen MR) is 110 cm³/mol. The molecule has 6 nitrogen and oxygen atoms in total. The van der Waals surface area contributed by atoms with E-state index in [1.165, 1.54) is 4.68 Å². The number of amides is 1. The molecule has 3 aromatic rings. The molecule has 1 aliphatic carbocycles. The van der Waals surface area contributed by atoms with E-state index in [1.54, 1.807) is 29.1 Å². The third kappa shape index (κ3) is 5.22. The minimum absolute atomic E-state index is 0.00104. The van der Waals surface area contributed by atoms with E-state index in [2.05, 4.69) is 15.5 Å². The summed E-state index contributed by atoms with van der Waals surface area (Å²) in [5, 5.41) is 10.8. The zero-order valence-corrected chi connectivity index (χ0v) is 17.7. The molecule has 31 heavy (non-hydrogen) atoms. The van der Waals surface area contributed by atoms with E-state index in [1.807, 2.05) is 12.1 Å². The molecule has 1 aliphatic rings. The van der Waals surface area contributed by atoms with E-state index in [-0.39, 0.29) is 29.8 Å². The van der Waals surface area contributed by atoms with E-state index in [0.29, 0.717) is 23.1 Å². The van der Waals surface area contributed by atoms with Crippen LogP contribution in [0, 0.1) is 0 Å². The van der Waals surface area contributed by atoms with Crippen molar-refractivity contribution in [2.75, 3.05) is 5.32 Å².